The first-order valence-electron chi connectivity index (χ1n) is 20.9. The van der Waals surface area contributed by atoms with Gasteiger partial charge in [-0.05, 0) is 82.4 Å². The Bertz CT molecular complexity index is 3750. The molecule has 4 heteroatoms. The number of hydrogen-bond acceptors (Lipinski definition) is 4. The van der Waals surface area contributed by atoms with Gasteiger partial charge in [0.1, 0.15) is 33.5 Å². The van der Waals surface area contributed by atoms with Crippen molar-refractivity contribution in [2.24, 2.45) is 0 Å². The maximum absolute atomic E-state index is 7.20. The van der Waals surface area contributed by atoms with Gasteiger partial charge in [0.15, 0.2) is 0 Å². The first-order chi connectivity index (χ1) is 30.0. The molecule has 0 radical (unpaired) electrons. The highest BCUT2D eigenvalue weighted by molar-refractivity contribution is 6.28. The van der Waals surface area contributed by atoms with Crippen LogP contribution in [0.3, 0.4) is 0 Å². The first-order valence-corrected chi connectivity index (χ1v) is 20.9. The Labute approximate surface area is 351 Å². The van der Waals surface area contributed by atoms with Crippen LogP contribution in [-0.2, 0) is 5.41 Å². The molecule has 3 aromatic heterocycles. The van der Waals surface area contributed by atoms with Crippen molar-refractivity contribution in [3.8, 4) is 33.4 Å². The van der Waals surface area contributed by atoms with Gasteiger partial charge in [0.2, 0.25) is 0 Å². The Morgan fingerprint density at radius 3 is 1.85 bits per heavy atom. The molecule has 61 heavy (non-hydrogen) atoms. The molecule has 12 aromatic rings. The summed E-state index contributed by atoms with van der Waals surface area (Å²) in [5.74, 6) is 0. The van der Waals surface area contributed by atoms with E-state index in [1.807, 2.05) is 30.3 Å². The van der Waals surface area contributed by atoms with Crippen LogP contribution in [0.1, 0.15) is 25.0 Å². The van der Waals surface area contributed by atoms with Gasteiger partial charge in [0.05, 0.1) is 16.9 Å². The predicted octanol–water partition coefficient (Wildman–Crippen LogP) is 16.5. The van der Waals surface area contributed by atoms with Gasteiger partial charge in [-0.15, -0.1) is 0 Å². The number of nitrogens with zero attached hydrogens (tertiary/aromatic N) is 1. The Morgan fingerprint density at radius 2 is 1.00 bits per heavy atom. The van der Waals surface area contributed by atoms with Crippen molar-refractivity contribution in [3.63, 3.8) is 0 Å². The third-order valence-corrected chi connectivity index (χ3v) is 13.1. The van der Waals surface area contributed by atoms with E-state index in [0.29, 0.717) is 0 Å². The molecule has 3 heterocycles. The van der Waals surface area contributed by atoms with Crippen LogP contribution in [0.5, 0.6) is 0 Å². The number of rotatable bonds is 5. The van der Waals surface area contributed by atoms with E-state index >= 15 is 0 Å². The van der Waals surface area contributed by atoms with Gasteiger partial charge in [-0.1, -0.05) is 147 Å². The molecule has 0 saturated carbocycles. The van der Waals surface area contributed by atoms with E-state index in [2.05, 4.69) is 176 Å². The predicted molar refractivity (Wildman–Crippen MR) is 251 cm³/mol. The van der Waals surface area contributed by atoms with Crippen molar-refractivity contribution in [1.29, 1.82) is 0 Å². The highest BCUT2D eigenvalue weighted by Gasteiger charge is 2.36. The molecule has 1 aliphatic rings. The van der Waals surface area contributed by atoms with Gasteiger partial charge in [0.25, 0.3) is 0 Å². The van der Waals surface area contributed by atoms with Gasteiger partial charge in [0, 0.05) is 54.5 Å². The van der Waals surface area contributed by atoms with Crippen LogP contribution in [-0.4, -0.2) is 0 Å². The van der Waals surface area contributed by atoms with Crippen LogP contribution in [0, 0.1) is 0 Å². The molecule has 9 aromatic carbocycles. The minimum atomic E-state index is -0.198. The highest BCUT2D eigenvalue weighted by Crippen LogP contribution is 2.54. The molecule has 0 spiro atoms. The summed E-state index contributed by atoms with van der Waals surface area (Å²) in [5.41, 5.74) is 17.2. The van der Waals surface area contributed by atoms with E-state index in [-0.39, 0.29) is 5.41 Å². The summed E-state index contributed by atoms with van der Waals surface area (Å²) in [4.78, 5) is 2.44. The lowest BCUT2D eigenvalue weighted by Gasteiger charge is -2.31. The maximum Gasteiger partial charge on any atom is 0.145 e. The fourth-order valence-corrected chi connectivity index (χ4v) is 10.3. The lowest BCUT2D eigenvalue weighted by atomic mass is 9.82. The standard InChI is InChI=1S/C57H37NO3/c1-57(2)44-23-10-6-18-37(44)38-28-27-35(33-45(38)57)58(46-24-11-7-17-36(46)34-15-4-3-5-16-34)47-30-29-43-54-51(32-31-50-53(54)41-20-9-13-26-49(41)59-50)61-56(43)52(47)42-22-14-21-40-39-19-8-12-25-48(39)60-55(40)42/h3-33H,1-2H3. The molecular weight excluding hydrogens is 747 g/mol. The normalized spacial score (nSPS) is 13.2. The molecule has 0 N–H and O–H groups in total. The molecule has 0 amide bonds. The van der Waals surface area contributed by atoms with Gasteiger partial charge in [-0.3, -0.25) is 0 Å². The van der Waals surface area contributed by atoms with Crippen LogP contribution in [0.2, 0.25) is 0 Å². The van der Waals surface area contributed by atoms with Crippen LogP contribution >= 0.6 is 0 Å². The van der Waals surface area contributed by atoms with Gasteiger partial charge >= 0.3 is 0 Å². The largest absolute Gasteiger partial charge is 0.456 e. The van der Waals surface area contributed by atoms with Crippen molar-refractivity contribution in [3.05, 3.63) is 199 Å². The Morgan fingerprint density at radius 1 is 0.377 bits per heavy atom. The van der Waals surface area contributed by atoms with Crippen molar-refractivity contribution in [2.75, 3.05) is 4.90 Å². The Kier molecular flexibility index (Phi) is 7.04. The zero-order valence-electron chi connectivity index (χ0n) is 33.6. The van der Waals surface area contributed by atoms with Crippen LogP contribution in [0.25, 0.3) is 99.2 Å². The summed E-state index contributed by atoms with van der Waals surface area (Å²) in [6, 6.07) is 66.9. The number of para-hydroxylation sites is 4. The third kappa shape index (κ3) is 4.82. The van der Waals surface area contributed by atoms with E-state index < -0.39 is 0 Å². The van der Waals surface area contributed by atoms with E-state index in [4.69, 9.17) is 13.3 Å². The van der Waals surface area contributed by atoms with Gasteiger partial charge in [-0.25, -0.2) is 0 Å². The second-order valence-corrected chi connectivity index (χ2v) is 16.7. The second-order valence-electron chi connectivity index (χ2n) is 16.7. The molecule has 0 bridgehead atoms. The fourth-order valence-electron chi connectivity index (χ4n) is 10.3. The number of hydrogen-bond donors (Lipinski definition) is 0. The van der Waals surface area contributed by atoms with E-state index in [0.717, 1.165) is 105 Å². The lowest BCUT2D eigenvalue weighted by Crippen LogP contribution is -2.17. The van der Waals surface area contributed by atoms with Crippen molar-refractivity contribution < 1.29 is 13.3 Å². The van der Waals surface area contributed by atoms with E-state index in [1.165, 1.54) is 22.3 Å². The zero-order chi connectivity index (χ0) is 40.4. The molecule has 0 aliphatic heterocycles. The van der Waals surface area contributed by atoms with Crippen LogP contribution in [0.15, 0.2) is 201 Å². The first kappa shape index (κ1) is 34.1. The third-order valence-electron chi connectivity index (χ3n) is 13.1. The molecule has 4 nitrogen and oxygen atoms in total. The minimum absolute atomic E-state index is 0.198. The van der Waals surface area contributed by atoms with Gasteiger partial charge < -0.3 is 18.2 Å². The number of fused-ring (bicyclic) bond motifs is 13. The maximum atomic E-state index is 7.20. The number of benzene rings is 9. The monoisotopic (exact) mass is 783 g/mol. The molecule has 0 saturated heterocycles. The number of furan rings is 3. The average molecular weight is 784 g/mol. The van der Waals surface area contributed by atoms with Gasteiger partial charge in [-0.2, -0.15) is 0 Å². The van der Waals surface area contributed by atoms with Crippen LogP contribution < -0.4 is 4.90 Å². The fraction of sp³-hybridized carbons (Fsp3) is 0.0526. The Hall–Kier alpha value is -7.82. The van der Waals surface area contributed by atoms with Crippen molar-refractivity contribution in [1.82, 2.24) is 0 Å². The summed E-state index contributed by atoms with van der Waals surface area (Å²) < 4.78 is 20.5. The van der Waals surface area contributed by atoms with Crippen LogP contribution in [0.4, 0.5) is 17.1 Å². The summed E-state index contributed by atoms with van der Waals surface area (Å²) in [7, 11) is 0. The SMILES string of the molecule is CC1(C)c2ccccc2-c2ccc(N(c3ccccc3-c3ccccc3)c3ccc4c(oc5ccc6oc7ccccc7c6c54)c3-c3cccc4c3oc3ccccc34)cc21. The minimum Gasteiger partial charge on any atom is -0.456 e. The smallest absolute Gasteiger partial charge is 0.145 e. The molecule has 0 unspecified atom stereocenters. The van der Waals surface area contributed by atoms with Crippen molar-refractivity contribution >= 4 is 82.9 Å². The average Bonchev–Trinajstić information content (AvgIpc) is 4.05. The lowest BCUT2D eigenvalue weighted by molar-refractivity contribution is 0.660. The quantitative estimate of drug-likeness (QED) is 0.174. The van der Waals surface area contributed by atoms with E-state index in [9.17, 15) is 0 Å². The summed E-state index contributed by atoms with van der Waals surface area (Å²) in [6.07, 6.45) is 0. The molecule has 288 valence electrons. The van der Waals surface area contributed by atoms with E-state index in [1.54, 1.807) is 0 Å². The summed E-state index contributed by atoms with van der Waals surface area (Å²) >= 11 is 0. The van der Waals surface area contributed by atoms with Crippen molar-refractivity contribution in [2.45, 2.75) is 19.3 Å². The second kappa shape index (κ2) is 12.6. The number of anilines is 3. The molecular formula is C57H37NO3. The molecule has 0 atom stereocenters. The summed E-state index contributed by atoms with van der Waals surface area (Å²) in [5, 5.41) is 6.31. The highest BCUT2D eigenvalue weighted by atomic mass is 16.3. The molecule has 13 rings (SSSR count). The topological polar surface area (TPSA) is 42.7 Å². The zero-order valence-corrected chi connectivity index (χ0v) is 33.6. The molecule has 0 fully saturated rings. The molecule has 1 aliphatic carbocycles. The summed E-state index contributed by atoms with van der Waals surface area (Å²) in [6.45, 7) is 4.69. The Balaban J connectivity index is 1.18.